The molecule has 0 aromatic carbocycles. The first-order valence-corrected chi connectivity index (χ1v) is 4.67. The normalized spacial score (nSPS) is 17.0. The molecule has 14 heavy (non-hydrogen) atoms. The highest BCUT2D eigenvalue weighted by atomic mass is 16.1. The minimum absolute atomic E-state index is 0.106. The smallest absolute Gasteiger partial charge is 0.223 e. The third-order valence-electron chi connectivity index (χ3n) is 2.36. The minimum Gasteiger partial charge on any atom is -0.350 e. The van der Waals surface area contributed by atoms with Crippen LogP contribution in [0.5, 0.6) is 0 Å². The van der Waals surface area contributed by atoms with Crippen LogP contribution in [-0.4, -0.2) is 25.9 Å². The monoisotopic (exact) mass is 193 g/mol. The molecule has 1 amide bonds. The first-order chi connectivity index (χ1) is 6.77. The molecule has 1 rings (SSSR count). The molecule has 1 aliphatic rings. The van der Waals surface area contributed by atoms with E-state index >= 15 is 0 Å². The number of nitrogens with zero attached hydrogens (tertiary/aromatic N) is 2. The van der Waals surface area contributed by atoms with Gasteiger partial charge in [-0.2, -0.15) is 0 Å². The van der Waals surface area contributed by atoms with Crippen LogP contribution in [0.25, 0.3) is 0 Å². The second-order valence-electron chi connectivity index (χ2n) is 3.31. The summed E-state index contributed by atoms with van der Waals surface area (Å²) < 4.78 is 0. The van der Waals surface area contributed by atoms with Crippen LogP contribution < -0.4 is 5.32 Å². The van der Waals surface area contributed by atoms with Crippen molar-refractivity contribution in [1.82, 2.24) is 5.32 Å². The first-order valence-electron chi connectivity index (χ1n) is 4.67. The third kappa shape index (κ3) is 2.80. The Labute approximate surface area is 83.8 Å². The van der Waals surface area contributed by atoms with Crippen molar-refractivity contribution in [3.05, 3.63) is 11.9 Å². The number of carbonyl (C=O) groups is 1. The lowest BCUT2D eigenvalue weighted by molar-refractivity contribution is -0.127. The molecule has 4 nitrogen and oxygen atoms in total. The summed E-state index contributed by atoms with van der Waals surface area (Å²) in [6.45, 7) is 7.08. The van der Waals surface area contributed by atoms with Gasteiger partial charge in [0, 0.05) is 12.1 Å². The second-order valence-corrected chi connectivity index (χ2v) is 3.31. The molecule has 0 radical (unpaired) electrons. The molecule has 4 heteroatoms. The first kappa shape index (κ1) is 10.6. The molecule has 0 aromatic rings. The largest absolute Gasteiger partial charge is 0.350 e. The summed E-state index contributed by atoms with van der Waals surface area (Å²) in [7, 11) is 0. The summed E-state index contributed by atoms with van der Waals surface area (Å²) in [5.41, 5.74) is 0.632. The molecule has 1 N–H and O–H groups in total. The summed E-state index contributed by atoms with van der Waals surface area (Å²) in [5, 5.41) is 2.79. The summed E-state index contributed by atoms with van der Waals surface area (Å²) in [5.74, 6) is 0.313. The van der Waals surface area contributed by atoms with Gasteiger partial charge in [-0.3, -0.25) is 14.8 Å². The van der Waals surface area contributed by atoms with E-state index in [-0.39, 0.29) is 11.8 Å². The summed E-state index contributed by atoms with van der Waals surface area (Å²) in [6, 6.07) is 0. The number of rotatable bonds is 5. The molecular weight excluding hydrogens is 178 g/mol. The van der Waals surface area contributed by atoms with Gasteiger partial charge in [0.05, 0.1) is 12.2 Å². The van der Waals surface area contributed by atoms with Crippen LogP contribution in [0.15, 0.2) is 21.9 Å². The number of amides is 1. The SMILES string of the molecule is C=N/C=C(/CNC(=O)C1CCC1)N=C. The Balaban J connectivity index is 2.30. The fourth-order valence-corrected chi connectivity index (χ4v) is 1.24. The van der Waals surface area contributed by atoms with Crippen molar-refractivity contribution in [3.8, 4) is 0 Å². The molecule has 0 saturated heterocycles. The van der Waals surface area contributed by atoms with Gasteiger partial charge in [0.15, 0.2) is 0 Å². The topological polar surface area (TPSA) is 53.8 Å². The quantitative estimate of drug-likeness (QED) is 0.654. The Morgan fingerprint density at radius 1 is 1.50 bits per heavy atom. The van der Waals surface area contributed by atoms with Gasteiger partial charge in [0.2, 0.25) is 5.91 Å². The predicted octanol–water partition coefficient (Wildman–Crippen LogP) is 1.15. The molecule has 1 saturated carbocycles. The maximum Gasteiger partial charge on any atom is 0.223 e. The van der Waals surface area contributed by atoms with E-state index in [2.05, 4.69) is 28.7 Å². The lowest BCUT2D eigenvalue weighted by Gasteiger charge is -2.23. The molecule has 0 aliphatic heterocycles. The van der Waals surface area contributed by atoms with Gasteiger partial charge in [0.25, 0.3) is 0 Å². The van der Waals surface area contributed by atoms with E-state index in [0.29, 0.717) is 12.2 Å². The number of hydrogen-bond donors (Lipinski definition) is 1. The van der Waals surface area contributed by atoms with E-state index in [1.54, 1.807) is 0 Å². The Kier molecular flexibility index (Phi) is 4.04. The zero-order valence-corrected chi connectivity index (χ0v) is 8.20. The van der Waals surface area contributed by atoms with E-state index in [1.807, 2.05) is 0 Å². The van der Waals surface area contributed by atoms with E-state index < -0.39 is 0 Å². The van der Waals surface area contributed by atoms with Crippen molar-refractivity contribution in [1.29, 1.82) is 0 Å². The number of hydrogen-bond acceptors (Lipinski definition) is 3. The molecular formula is C10H15N3O. The molecule has 0 heterocycles. The van der Waals surface area contributed by atoms with Crippen molar-refractivity contribution in [2.75, 3.05) is 6.54 Å². The summed E-state index contributed by atoms with van der Waals surface area (Å²) in [4.78, 5) is 18.7. The van der Waals surface area contributed by atoms with E-state index in [9.17, 15) is 4.79 Å². The third-order valence-corrected chi connectivity index (χ3v) is 2.36. The highest BCUT2D eigenvalue weighted by Crippen LogP contribution is 2.26. The van der Waals surface area contributed by atoms with Crippen molar-refractivity contribution in [2.24, 2.45) is 15.9 Å². The van der Waals surface area contributed by atoms with Gasteiger partial charge in [0.1, 0.15) is 0 Å². The Hall–Kier alpha value is -1.45. The lowest BCUT2D eigenvalue weighted by Crippen LogP contribution is -2.35. The van der Waals surface area contributed by atoms with Crippen LogP contribution in [-0.2, 0) is 4.79 Å². The molecule has 1 fully saturated rings. The van der Waals surface area contributed by atoms with Gasteiger partial charge in [-0.05, 0) is 26.3 Å². The zero-order valence-electron chi connectivity index (χ0n) is 8.20. The van der Waals surface area contributed by atoms with E-state index in [4.69, 9.17) is 0 Å². The Morgan fingerprint density at radius 2 is 2.21 bits per heavy atom. The minimum atomic E-state index is 0.106. The average molecular weight is 193 g/mol. The molecule has 76 valence electrons. The van der Waals surface area contributed by atoms with Crippen LogP contribution in [0.4, 0.5) is 0 Å². The standard InChI is InChI=1S/C10H15N3O/c1-11-6-9(12-2)7-13-10(14)8-4-3-5-8/h6,8H,1-5,7H2,(H,13,14)/b9-6-. The zero-order chi connectivity index (χ0) is 10.4. The van der Waals surface area contributed by atoms with Gasteiger partial charge >= 0.3 is 0 Å². The maximum atomic E-state index is 11.4. The van der Waals surface area contributed by atoms with Crippen molar-refractivity contribution >= 4 is 19.3 Å². The summed E-state index contributed by atoms with van der Waals surface area (Å²) in [6.07, 6.45) is 4.67. The second kappa shape index (κ2) is 5.32. The molecule has 0 atom stereocenters. The number of aliphatic imine (C=N–C) groups is 2. The Bertz CT molecular complexity index is 267. The van der Waals surface area contributed by atoms with Gasteiger partial charge in [-0.25, -0.2) is 0 Å². The van der Waals surface area contributed by atoms with Crippen molar-refractivity contribution in [2.45, 2.75) is 19.3 Å². The van der Waals surface area contributed by atoms with Crippen LogP contribution in [0.2, 0.25) is 0 Å². The van der Waals surface area contributed by atoms with Crippen molar-refractivity contribution in [3.63, 3.8) is 0 Å². The van der Waals surface area contributed by atoms with Crippen LogP contribution in [0.3, 0.4) is 0 Å². The molecule has 0 bridgehead atoms. The highest BCUT2D eigenvalue weighted by molar-refractivity contribution is 5.79. The van der Waals surface area contributed by atoms with Gasteiger partial charge in [-0.1, -0.05) is 6.42 Å². The fraction of sp³-hybridized carbons (Fsp3) is 0.500. The van der Waals surface area contributed by atoms with E-state index in [1.165, 1.54) is 6.20 Å². The van der Waals surface area contributed by atoms with Crippen LogP contribution in [0, 0.1) is 5.92 Å². The highest BCUT2D eigenvalue weighted by Gasteiger charge is 2.24. The molecule has 0 spiro atoms. The lowest BCUT2D eigenvalue weighted by atomic mass is 9.85. The molecule has 0 unspecified atom stereocenters. The van der Waals surface area contributed by atoms with Gasteiger partial charge in [-0.15, -0.1) is 0 Å². The average Bonchev–Trinajstić information content (AvgIpc) is 2.09. The Morgan fingerprint density at radius 3 is 2.64 bits per heavy atom. The summed E-state index contributed by atoms with van der Waals surface area (Å²) >= 11 is 0. The predicted molar refractivity (Wildman–Crippen MR) is 57.5 cm³/mol. The van der Waals surface area contributed by atoms with Crippen LogP contribution in [0.1, 0.15) is 19.3 Å². The number of nitrogens with one attached hydrogen (secondary N) is 1. The number of carbonyl (C=O) groups excluding carboxylic acids is 1. The molecule has 1 aliphatic carbocycles. The van der Waals surface area contributed by atoms with Crippen molar-refractivity contribution < 1.29 is 4.79 Å². The van der Waals surface area contributed by atoms with Crippen LogP contribution >= 0.6 is 0 Å². The molecule has 0 aromatic heterocycles. The maximum absolute atomic E-state index is 11.4. The fourth-order valence-electron chi connectivity index (χ4n) is 1.24. The van der Waals surface area contributed by atoms with E-state index in [0.717, 1.165) is 19.3 Å². The van der Waals surface area contributed by atoms with Gasteiger partial charge < -0.3 is 5.32 Å².